The Labute approximate surface area is 207 Å². The van der Waals surface area contributed by atoms with E-state index in [9.17, 15) is 0 Å². The third kappa shape index (κ3) is 5.46. The van der Waals surface area contributed by atoms with Gasteiger partial charge in [0.25, 0.3) is 0 Å². The Balaban J connectivity index is 1.30. The van der Waals surface area contributed by atoms with Crippen molar-refractivity contribution in [3.8, 4) is 11.5 Å². The molecule has 8 nitrogen and oxygen atoms in total. The predicted octanol–water partition coefficient (Wildman–Crippen LogP) is 4.16. The summed E-state index contributed by atoms with van der Waals surface area (Å²) in [5.74, 6) is 5.40. The van der Waals surface area contributed by atoms with Gasteiger partial charge in [0.2, 0.25) is 12.7 Å². The van der Waals surface area contributed by atoms with Crippen molar-refractivity contribution in [2.24, 2.45) is 11.8 Å². The van der Waals surface area contributed by atoms with Gasteiger partial charge in [-0.15, -0.1) is 0 Å². The fourth-order valence-electron chi connectivity index (χ4n) is 4.98. The highest BCUT2D eigenvalue weighted by Crippen LogP contribution is 2.32. The first-order valence-corrected chi connectivity index (χ1v) is 12.8. The molecule has 5 rings (SSSR count). The van der Waals surface area contributed by atoms with E-state index in [-0.39, 0.29) is 6.79 Å². The Morgan fingerprint density at radius 2 is 1.62 bits per heavy atom. The maximum Gasteiger partial charge on any atom is 0.232 e. The number of anilines is 3. The summed E-state index contributed by atoms with van der Waals surface area (Å²) >= 11 is 5.59. The lowest BCUT2D eigenvalue weighted by Gasteiger charge is -2.35. The summed E-state index contributed by atoms with van der Waals surface area (Å²) in [5, 5.41) is 7.00. The number of aromatic nitrogens is 2. The smallest absolute Gasteiger partial charge is 0.232 e. The van der Waals surface area contributed by atoms with Crippen LogP contribution in [0.5, 0.6) is 11.5 Å². The van der Waals surface area contributed by atoms with Gasteiger partial charge in [-0.2, -0.15) is 9.97 Å². The van der Waals surface area contributed by atoms with Crippen LogP contribution in [0.4, 0.5) is 17.6 Å². The molecular weight excluding hydrogens is 448 g/mol. The highest BCUT2D eigenvalue weighted by atomic mass is 32.1. The molecule has 0 unspecified atom stereocenters. The third-order valence-electron chi connectivity index (χ3n) is 6.78. The van der Waals surface area contributed by atoms with Crippen molar-refractivity contribution >= 4 is 34.9 Å². The van der Waals surface area contributed by atoms with Gasteiger partial charge in [-0.1, -0.05) is 19.9 Å². The van der Waals surface area contributed by atoms with Crippen molar-refractivity contribution in [2.45, 2.75) is 46.1 Å². The van der Waals surface area contributed by atoms with Crippen LogP contribution in [0.2, 0.25) is 0 Å². The molecule has 3 aliphatic rings. The zero-order valence-electron chi connectivity index (χ0n) is 20.0. The van der Waals surface area contributed by atoms with Gasteiger partial charge in [0, 0.05) is 38.8 Å². The van der Waals surface area contributed by atoms with Crippen LogP contribution in [0.3, 0.4) is 0 Å². The molecule has 0 amide bonds. The molecule has 0 aliphatic carbocycles. The SMILES string of the molecule is C[C@@H]1CCCN(c2cc(N3CCC[C@H](C)C3)nc(NC(=S)NCc3ccc4c(c3)OCO4)n2)C1. The van der Waals surface area contributed by atoms with Crippen molar-refractivity contribution in [2.75, 3.05) is 48.1 Å². The molecule has 1 aromatic heterocycles. The number of nitrogens with zero attached hydrogens (tertiary/aromatic N) is 4. The lowest BCUT2D eigenvalue weighted by Crippen LogP contribution is -2.37. The highest BCUT2D eigenvalue weighted by Gasteiger charge is 2.23. The summed E-state index contributed by atoms with van der Waals surface area (Å²) in [4.78, 5) is 14.5. The monoisotopic (exact) mass is 482 g/mol. The fourth-order valence-corrected chi connectivity index (χ4v) is 5.14. The van der Waals surface area contributed by atoms with Gasteiger partial charge in [-0.05, 0) is 67.4 Å². The molecule has 2 N–H and O–H groups in total. The number of rotatable bonds is 5. The van der Waals surface area contributed by atoms with Crippen LogP contribution in [0.25, 0.3) is 0 Å². The van der Waals surface area contributed by atoms with Crippen molar-refractivity contribution in [3.63, 3.8) is 0 Å². The molecule has 2 fully saturated rings. The van der Waals surface area contributed by atoms with E-state index in [2.05, 4.69) is 40.3 Å². The number of hydrogen-bond acceptors (Lipinski definition) is 7. The van der Waals surface area contributed by atoms with Gasteiger partial charge >= 0.3 is 0 Å². The first kappa shape index (κ1) is 23.0. The number of ether oxygens (including phenoxy) is 2. The number of thiocarbonyl (C=S) groups is 1. The van der Waals surface area contributed by atoms with E-state index in [0.29, 0.717) is 29.4 Å². The van der Waals surface area contributed by atoms with E-state index in [1.165, 1.54) is 25.7 Å². The molecule has 9 heteroatoms. The molecule has 3 aliphatic heterocycles. The maximum atomic E-state index is 5.59. The van der Waals surface area contributed by atoms with E-state index in [1.807, 2.05) is 18.2 Å². The standard InChI is InChI=1S/C25H34N6O2S/c1-17-5-3-9-30(14-17)22-12-23(31-10-4-6-18(2)15-31)28-24(27-22)29-25(34)26-13-19-7-8-20-21(11-19)33-16-32-20/h7-8,11-12,17-18H,3-6,9-10,13-16H2,1-2H3,(H2,26,27,28,29,34)/t17-,18+. The molecule has 0 saturated carbocycles. The summed E-state index contributed by atoms with van der Waals surface area (Å²) in [5.41, 5.74) is 1.06. The first-order chi connectivity index (χ1) is 16.5. The second kappa shape index (κ2) is 10.2. The Hall–Kier alpha value is -2.81. The van der Waals surface area contributed by atoms with Crippen molar-refractivity contribution < 1.29 is 9.47 Å². The van der Waals surface area contributed by atoms with Crippen LogP contribution >= 0.6 is 12.2 Å². The van der Waals surface area contributed by atoms with Gasteiger partial charge in [0.15, 0.2) is 16.6 Å². The number of piperidine rings is 2. The molecule has 1 aromatic carbocycles. The van der Waals surface area contributed by atoms with Crippen LogP contribution in [-0.4, -0.2) is 48.1 Å². The van der Waals surface area contributed by atoms with Crippen LogP contribution < -0.4 is 29.9 Å². The van der Waals surface area contributed by atoms with Crippen molar-refractivity contribution in [1.82, 2.24) is 15.3 Å². The van der Waals surface area contributed by atoms with E-state index >= 15 is 0 Å². The lowest BCUT2D eigenvalue weighted by atomic mass is 10.00. The zero-order chi connectivity index (χ0) is 23.5. The molecule has 0 bridgehead atoms. The number of hydrogen-bond donors (Lipinski definition) is 2. The number of nitrogens with one attached hydrogen (secondary N) is 2. The summed E-state index contributed by atoms with van der Waals surface area (Å²) in [6.07, 6.45) is 4.94. The molecule has 34 heavy (non-hydrogen) atoms. The molecule has 2 saturated heterocycles. The second-order valence-electron chi connectivity index (χ2n) is 9.79. The third-order valence-corrected chi connectivity index (χ3v) is 7.02. The van der Waals surface area contributed by atoms with Gasteiger partial charge < -0.3 is 29.9 Å². The normalized spacial score (nSPS) is 21.9. The molecule has 2 aromatic rings. The molecule has 2 atom stereocenters. The molecule has 182 valence electrons. The minimum absolute atomic E-state index is 0.272. The Kier molecular flexibility index (Phi) is 6.89. The highest BCUT2D eigenvalue weighted by molar-refractivity contribution is 7.80. The summed E-state index contributed by atoms with van der Waals surface area (Å²) < 4.78 is 10.9. The molecular formula is C25H34N6O2S. The van der Waals surface area contributed by atoms with Crippen LogP contribution in [-0.2, 0) is 6.54 Å². The largest absolute Gasteiger partial charge is 0.454 e. The topological polar surface area (TPSA) is 74.8 Å². The van der Waals surface area contributed by atoms with Crippen LogP contribution in [0, 0.1) is 11.8 Å². The summed E-state index contributed by atoms with van der Waals surface area (Å²) in [7, 11) is 0. The molecule has 0 spiro atoms. The van der Waals surface area contributed by atoms with Crippen molar-refractivity contribution in [3.05, 3.63) is 29.8 Å². The second-order valence-corrected chi connectivity index (χ2v) is 10.2. The molecule has 4 heterocycles. The van der Waals surface area contributed by atoms with Gasteiger partial charge in [-0.25, -0.2) is 0 Å². The first-order valence-electron chi connectivity index (χ1n) is 12.4. The van der Waals surface area contributed by atoms with E-state index < -0.39 is 0 Å². The number of fused-ring (bicyclic) bond motifs is 1. The fraction of sp³-hybridized carbons (Fsp3) is 0.560. The minimum atomic E-state index is 0.272. The van der Waals surface area contributed by atoms with Crippen LogP contribution in [0.1, 0.15) is 45.1 Å². The zero-order valence-corrected chi connectivity index (χ0v) is 20.9. The predicted molar refractivity (Wildman–Crippen MR) is 139 cm³/mol. The minimum Gasteiger partial charge on any atom is -0.454 e. The van der Waals surface area contributed by atoms with Crippen molar-refractivity contribution in [1.29, 1.82) is 0 Å². The summed E-state index contributed by atoms with van der Waals surface area (Å²) in [6.45, 7) is 9.59. The van der Waals surface area contributed by atoms with Gasteiger partial charge in [-0.3, -0.25) is 0 Å². The van der Waals surface area contributed by atoms with Gasteiger partial charge in [0.05, 0.1) is 0 Å². The Morgan fingerprint density at radius 1 is 0.971 bits per heavy atom. The van der Waals surface area contributed by atoms with Crippen LogP contribution in [0.15, 0.2) is 24.3 Å². The summed E-state index contributed by atoms with van der Waals surface area (Å²) in [6, 6.07) is 8.06. The average molecular weight is 483 g/mol. The lowest BCUT2D eigenvalue weighted by molar-refractivity contribution is 0.174. The number of benzene rings is 1. The maximum absolute atomic E-state index is 5.59. The van der Waals surface area contributed by atoms with E-state index in [0.717, 1.165) is 54.9 Å². The van der Waals surface area contributed by atoms with Gasteiger partial charge in [0.1, 0.15) is 11.6 Å². The Morgan fingerprint density at radius 3 is 2.26 bits per heavy atom. The average Bonchev–Trinajstić information content (AvgIpc) is 3.30. The van der Waals surface area contributed by atoms with E-state index in [1.54, 1.807) is 0 Å². The molecule has 0 radical (unpaired) electrons. The van der Waals surface area contributed by atoms with E-state index in [4.69, 9.17) is 31.7 Å². The Bertz CT molecular complexity index is 994. The quantitative estimate of drug-likeness (QED) is 0.611.